The van der Waals surface area contributed by atoms with E-state index in [9.17, 15) is 4.79 Å². The quantitative estimate of drug-likeness (QED) is 0.457. The zero-order valence-corrected chi connectivity index (χ0v) is 22.3. The van der Waals surface area contributed by atoms with Crippen molar-refractivity contribution in [2.45, 2.75) is 25.5 Å². The molecule has 2 atom stereocenters. The number of likely N-dealkylation sites (N-methyl/N-ethyl adjacent to an activating group) is 1. The predicted octanol–water partition coefficient (Wildman–Crippen LogP) is 1.75. The average Bonchev–Trinajstić information content (AvgIpc) is 3.12. The molecule has 2 aliphatic carbocycles. The molecule has 0 radical (unpaired) electrons. The number of carbonyl (C=O) groups excluding carboxylic acids is 1. The summed E-state index contributed by atoms with van der Waals surface area (Å²) >= 11 is 1.69. The topological polar surface area (TPSA) is 102 Å². The van der Waals surface area contributed by atoms with Gasteiger partial charge in [0.25, 0.3) is 0 Å². The zero-order valence-electron chi connectivity index (χ0n) is 21.5. The van der Waals surface area contributed by atoms with Gasteiger partial charge in [-0.1, -0.05) is 18.7 Å². The van der Waals surface area contributed by atoms with Gasteiger partial charge in [-0.05, 0) is 57.3 Å². The largest absolute Gasteiger partial charge is 0.490 e. The number of carbonyl (C=O) groups is 1. The van der Waals surface area contributed by atoms with E-state index in [1.807, 2.05) is 50.2 Å². The third kappa shape index (κ3) is 6.79. The molecule has 0 saturated carbocycles. The number of ether oxygens (including phenoxy) is 2. The Labute approximate surface area is 220 Å². The summed E-state index contributed by atoms with van der Waals surface area (Å²) in [5.41, 5.74) is 2.45. The number of methoxy groups -OCH3 is 1. The maximum absolute atomic E-state index is 12.1. The number of nitrogens with zero attached hydrogens (tertiary/aromatic N) is 4. The van der Waals surface area contributed by atoms with Gasteiger partial charge < -0.3 is 25.0 Å². The first-order valence-corrected chi connectivity index (χ1v) is 12.8. The fraction of sp³-hybridized carbons (Fsp3) is 0.333. The molecule has 2 heterocycles. The van der Waals surface area contributed by atoms with E-state index in [4.69, 9.17) is 9.47 Å². The number of fused-ring (bicyclic) bond motifs is 1. The number of aryl methyl sites for hydroxylation is 1. The Hall–Kier alpha value is -3.60. The molecule has 0 aliphatic heterocycles. The van der Waals surface area contributed by atoms with E-state index in [-0.39, 0.29) is 18.1 Å². The van der Waals surface area contributed by atoms with Gasteiger partial charge in [-0.15, -0.1) is 11.3 Å². The van der Waals surface area contributed by atoms with Crippen LogP contribution >= 0.6 is 11.3 Å². The van der Waals surface area contributed by atoms with Crippen LogP contribution in [-0.2, 0) is 14.3 Å². The number of hydrogen-bond acceptors (Lipinski definition) is 9. The second-order valence-electron chi connectivity index (χ2n) is 8.86. The molecule has 0 saturated heterocycles. The second kappa shape index (κ2) is 12.1. The molecule has 0 spiro atoms. The second-order valence-corrected chi connectivity index (χ2v) is 10.1. The molecule has 4 rings (SSSR count). The minimum atomic E-state index is -0.346. The third-order valence-corrected chi connectivity index (χ3v) is 6.82. The highest BCUT2D eigenvalue weighted by molar-refractivity contribution is 7.09. The maximum Gasteiger partial charge on any atom is 0.247 e. The van der Waals surface area contributed by atoms with Crippen LogP contribution in [-0.4, -0.2) is 72.3 Å². The van der Waals surface area contributed by atoms with Gasteiger partial charge in [0.1, 0.15) is 30.6 Å². The molecule has 2 aromatic rings. The lowest BCUT2D eigenvalue weighted by molar-refractivity contribution is -0.115. The number of allylic oxidation sites excluding steroid dienone is 2. The lowest BCUT2D eigenvalue weighted by atomic mass is 10.0. The molecule has 0 fully saturated rings. The number of nitrogens with one attached hydrogen (secondary N) is 2. The Bertz CT molecular complexity index is 1370. The van der Waals surface area contributed by atoms with Gasteiger partial charge in [-0.25, -0.2) is 15.0 Å². The summed E-state index contributed by atoms with van der Waals surface area (Å²) in [7, 11) is 5.58. The molecule has 2 N–H and O–H groups in total. The lowest BCUT2D eigenvalue weighted by Gasteiger charge is -2.29. The van der Waals surface area contributed by atoms with Crippen molar-refractivity contribution in [2.24, 2.45) is 0 Å². The minimum Gasteiger partial charge on any atom is -0.490 e. The Morgan fingerprint density at radius 3 is 2.89 bits per heavy atom. The van der Waals surface area contributed by atoms with E-state index in [0.29, 0.717) is 23.9 Å². The van der Waals surface area contributed by atoms with E-state index in [0.717, 1.165) is 34.6 Å². The van der Waals surface area contributed by atoms with Gasteiger partial charge in [0.15, 0.2) is 0 Å². The first-order chi connectivity index (χ1) is 17.9. The van der Waals surface area contributed by atoms with Crippen molar-refractivity contribution in [3.8, 4) is 0 Å². The number of amides is 1. The molecular weight excluding hydrogens is 488 g/mol. The normalized spacial score (nSPS) is 18.8. The first-order valence-electron chi connectivity index (χ1n) is 12.0. The molecule has 2 aromatic heterocycles. The van der Waals surface area contributed by atoms with Crippen molar-refractivity contribution < 1.29 is 14.3 Å². The summed E-state index contributed by atoms with van der Waals surface area (Å²) in [6.07, 6.45) is 13.2. The van der Waals surface area contributed by atoms with Crippen LogP contribution in [0.2, 0.25) is 0 Å². The first kappa shape index (κ1) is 26.5. The summed E-state index contributed by atoms with van der Waals surface area (Å²) in [6.45, 7) is 6.77. The van der Waals surface area contributed by atoms with E-state index in [1.54, 1.807) is 24.8 Å². The Morgan fingerprint density at radius 2 is 2.14 bits per heavy atom. The highest BCUT2D eigenvalue weighted by Crippen LogP contribution is 2.25. The van der Waals surface area contributed by atoms with Crippen LogP contribution in [0.15, 0.2) is 54.7 Å². The summed E-state index contributed by atoms with van der Waals surface area (Å²) in [5, 5.41) is 8.31. The van der Waals surface area contributed by atoms with Gasteiger partial charge in [0, 0.05) is 19.7 Å². The summed E-state index contributed by atoms with van der Waals surface area (Å²) < 4.78 is 12.9. The summed E-state index contributed by atoms with van der Waals surface area (Å²) in [4.78, 5) is 27.6. The number of thiazole rings is 1. The Morgan fingerprint density at radius 1 is 1.30 bits per heavy atom. The number of anilines is 1. The monoisotopic (exact) mass is 520 g/mol. The molecule has 9 nitrogen and oxygen atoms in total. The van der Waals surface area contributed by atoms with Crippen LogP contribution in [0.4, 0.5) is 5.82 Å². The number of hydrogen-bond donors (Lipinski definition) is 2. The molecule has 194 valence electrons. The highest BCUT2D eigenvalue weighted by atomic mass is 32.1. The van der Waals surface area contributed by atoms with Crippen molar-refractivity contribution in [3.63, 3.8) is 0 Å². The molecule has 37 heavy (non-hydrogen) atoms. The van der Waals surface area contributed by atoms with E-state index < -0.39 is 0 Å². The fourth-order valence-electron chi connectivity index (χ4n) is 3.94. The van der Waals surface area contributed by atoms with Crippen molar-refractivity contribution in [3.05, 3.63) is 75.3 Å². The minimum absolute atomic E-state index is 0.311. The van der Waals surface area contributed by atoms with Gasteiger partial charge in [-0.2, -0.15) is 0 Å². The predicted molar refractivity (Wildman–Crippen MR) is 147 cm³/mol. The van der Waals surface area contributed by atoms with Crippen molar-refractivity contribution >= 4 is 40.8 Å². The smallest absolute Gasteiger partial charge is 0.247 e. The number of rotatable bonds is 10. The van der Waals surface area contributed by atoms with Crippen LogP contribution in [0.3, 0.4) is 0 Å². The summed E-state index contributed by atoms with van der Waals surface area (Å²) in [6, 6.07) is 1.61. The van der Waals surface area contributed by atoms with Crippen molar-refractivity contribution in [1.29, 1.82) is 0 Å². The Balaban J connectivity index is 1.55. The fourth-order valence-corrected chi connectivity index (χ4v) is 4.78. The molecule has 0 aromatic carbocycles. The van der Waals surface area contributed by atoms with Gasteiger partial charge in [0.2, 0.25) is 5.91 Å². The van der Waals surface area contributed by atoms with E-state index in [1.165, 1.54) is 10.6 Å². The molecule has 10 heteroatoms. The Kier molecular flexibility index (Phi) is 8.65. The van der Waals surface area contributed by atoms with E-state index in [2.05, 4.69) is 44.3 Å². The van der Waals surface area contributed by atoms with E-state index >= 15 is 0 Å². The van der Waals surface area contributed by atoms with Crippen LogP contribution in [0.25, 0.3) is 17.7 Å². The maximum atomic E-state index is 12.1. The van der Waals surface area contributed by atoms with Crippen LogP contribution < -0.4 is 20.5 Å². The molecule has 0 bridgehead atoms. The number of aromatic nitrogens is 3. The van der Waals surface area contributed by atoms with Crippen LogP contribution in [0, 0.1) is 6.92 Å². The molecular formula is C27H32N6O3S. The van der Waals surface area contributed by atoms with Gasteiger partial charge in [0.05, 0.1) is 32.3 Å². The summed E-state index contributed by atoms with van der Waals surface area (Å²) in [5.74, 6) is 0.872. The molecule has 2 aliphatic rings. The van der Waals surface area contributed by atoms with Gasteiger partial charge >= 0.3 is 0 Å². The molecule has 2 unspecified atom stereocenters. The average molecular weight is 521 g/mol. The third-order valence-electron chi connectivity index (χ3n) is 5.84. The highest BCUT2D eigenvalue weighted by Gasteiger charge is 2.27. The lowest BCUT2D eigenvalue weighted by Crippen LogP contribution is -2.38. The van der Waals surface area contributed by atoms with Crippen LogP contribution in [0.5, 0.6) is 0 Å². The standard InChI is InChI=1S/C27H32N6O3S/c1-6-27(34)32-22-13-21(23(35-5)15-24(22)36-12-11-33(3)4)31-26-14-20(28-16-29-26)18-7-9-19-25(10-8-18)37-17(2)30-19/h6-7,9-10,13-16,21,23H,1,8,11-12H2,2-5H3,(H,32,34)(H,28,29,31). The molecule has 1 amide bonds. The van der Waals surface area contributed by atoms with Crippen molar-refractivity contribution in [1.82, 2.24) is 25.2 Å². The zero-order chi connectivity index (χ0) is 26.4. The van der Waals surface area contributed by atoms with Crippen molar-refractivity contribution in [2.75, 3.05) is 39.7 Å². The van der Waals surface area contributed by atoms with Gasteiger partial charge in [-0.3, -0.25) is 4.79 Å². The SMILES string of the molecule is C=CC(=O)NC1=CC(Nc2cc(C3=CC=c4nc(C)sc4=CC3)ncn2)C(OC)C=C1OCCN(C)C. The van der Waals surface area contributed by atoms with Crippen LogP contribution in [0.1, 0.15) is 17.1 Å².